The molecule has 0 saturated heterocycles. The monoisotopic (exact) mass is 412 g/mol. The molecule has 4 rings (SSSR count). The van der Waals surface area contributed by atoms with Crippen molar-refractivity contribution < 1.29 is 14.3 Å². The fraction of sp³-hybridized carbons (Fsp3) is 0.154. The number of hydrogen-bond donors (Lipinski definition) is 0. The van der Waals surface area contributed by atoms with Gasteiger partial charge < -0.3 is 9.64 Å². The van der Waals surface area contributed by atoms with Crippen molar-refractivity contribution in [1.29, 1.82) is 0 Å². The molecule has 0 unspecified atom stereocenters. The molecule has 5 nitrogen and oxygen atoms in total. The summed E-state index contributed by atoms with van der Waals surface area (Å²) in [6.07, 6.45) is 0.0492. The number of likely N-dealkylation sites (N-methyl/N-ethyl adjacent to an activating group) is 1. The molecule has 31 heavy (non-hydrogen) atoms. The van der Waals surface area contributed by atoms with Gasteiger partial charge in [0.1, 0.15) is 11.4 Å². The first-order chi connectivity index (χ1) is 15.0. The molecule has 0 radical (unpaired) electrons. The van der Waals surface area contributed by atoms with E-state index < -0.39 is 0 Å². The van der Waals surface area contributed by atoms with E-state index in [-0.39, 0.29) is 17.9 Å². The highest BCUT2D eigenvalue weighted by Crippen LogP contribution is 2.36. The Balaban J connectivity index is 1.82. The number of anilines is 2. The Hall–Kier alpha value is -3.86. The minimum Gasteiger partial charge on any atom is -0.491 e. The molecule has 0 bridgehead atoms. The highest BCUT2D eigenvalue weighted by Gasteiger charge is 2.42. The number of para-hydroxylation sites is 2. The maximum Gasteiger partial charge on any atom is 0.282 e. The van der Waals surface area contributed by atoms with Gasteiger partial charge in [0.25, 0.3) is 11.8 Å². The fourth-order valence-corrected chi connectivity index (χ4v) is 3.65. The molecular formula is C26H24N2O3. The molecule has 0 atom stereocenters. The quantitative estimate of drug-likeness (QED) is 0.541. The summed E-state index contributed by atoms with van der Waals surface area (Å²) in [5.74, 6) is 0.0283. The molecule has 1 aliphatic rings. The molecule has 0 aliphatic carbocycles. The van der Waals surface area contributed by atoms with Crippen LogP contribution in [-0.4, -0.2) is 25.0 Å². The van der Waals surface area contributed by atoms with Crippen molar-refractivity contribution >= 4 is 28.8 Å². The van der Waals surface area contributed by atoms with Gasteiger partial charge in [-0.3, -0.25) is 9.59 Å². The average molecular weight is 412 g/mol. The summed E-state index contributed by atoms with van der Waals surface area (Å²) in [6.45, 7) is 3.92. The summed E-state index contributed by atoms with van der Waals surface area (Å²) in [4.78, 5) is 30.0. The van der Waals surface area contributed by atoms with Crippen LogP contribution in [0.1, 0.15) is 19.4 Å². The van der Waals surface area contributed by atoms with E-state index in [0.29, 0.717) is 28.3 Å². The number of rotatable bonds is 6. The van der Waals surface area contributed by atoms with E-state index >= 15 is 0 Å². The van der Waals surface area contributed by atoms with Gasteiger partial charge in [-0.05, 0) is 55.8 Å². The number of hydrogen-bond acceptors (Lipinski definition) is 4. The van der Waals surface area contributed by atoms with E-state index in [2.05, 4.69) is 0 Å². The third kappa shape index (κ3) is 3.94. The van der Waals surface area contributed by atoms with Crippen LogP contribution in [0.2, 0.25) is 0 Å². The van der Waals surface area contributed by atoms with Gasteiger partial charge in [-0.2, -0.15) is 0 Å². The molecule has 0 aromatic heterocycles. The Morgan fingerprint density at radius 3 is 1.94 bits per heavy atom. The molecule has 5 heteroatoms. The standard InChI is InChI=1S/C26H24N2O3/c1-18(2)31-22-16-14-19(15-17-22)23-24(27(3)20-10-6-4-7-11-20)26(30)28(25(23)29)21-12-8-5-9-13-21/h4-18H,1-3H3. The Kier molecular flexibility index (Phi) is 5.58. The van der Waals surface area contributed by atoms with Gasteiger partial charge in [0.2, 0.25) is 0 Å². The number of ether oxygens (including phenoxy) is 1. The summed E-state index contributed by atoms with van der Waals surface area (Å²) < 4.78 is 5.73. The highest BCUT2D eigenvalue weighted by atomic mass is 16.5. The van der Waals surface area contributed by atoms with Gasteiger partial charge in [-0.1, -0.05) is 48.5 Å². The van der Waals surface area contributed by atoms with Gasteiger partial charge >= 0.3 is 0 Å². The lowest BCUT2D eigenvalue weighted by atomic mass is 10.0. The predicted octanol–water partition coefficient (Wildman–Crippen LogP) is 4.89. The maximum atomic E-state index is 13.5. The lowest BCUT2D eigenvalue weighted by Crippen LogP contribution is -2.34. The van der Waals surface area contributed by atoms with E-state index in [1.165, 1.54) is 4.90 Å². The Morgan fingerprint density at radius 2 is 1.35 bits per heavy atom. The minimum absolute atomic E-state index is 0.0492. The van der Waals surface area contributed by atoms with E-state index in [1.54, 1.807) is 24.1 Å². The molecule has 1 heterocycles. The Morgan fingerprint density at radius 1 is 0.774 bits per heavy atom. The first-order valence-corrected chi connectivity index (χ1v) is 10.2. The fourth-order valence-electron chi connectivity index (χ4n) is 3.65. The number of benzene rings is 3. The van der Waals surface area contributed by atoms with Crippen LogP contribution >= 0.6 is 0 Å². The second kappa shape index (κ2) is 8.48. The van der Waals surface area contributed by atoms with E-state index in [4.69, 9.17) is 4.74 Å². The Labute approximate surface area is 182 Å². The SMILES string of the molecule is CC(C)Oc1ccc(C2=C(N(C)c3ccccc3)C(=O)N(c3ccccc3)C2=O)cc1. The first kappa shape index (κ1) is 20.4. The lowest BCUT2D eigenvalue weighted by Gasteiger charge is -2.21. The van der Waals surface area contributed by atoms with E-state index in [0.717, 1.165) is 5.69 Å². The van der Waals surface area contributed by atoms with Crippen LogP contribution in [-0.2, 0) is 9.59 Å². The van der Waals surface area contributed by atoms with Gasteiger partial charge in [0.15, 0.2) is 0 Å². The zero-order valence-corrected chi connectivity index (χ0v) is 17.8. The molecule has 0 fully saturated rings. The highest BCUT2D eigenvalue weighted by molar-refractivity contribution is 6.46. The third-order valence-corrected chi connectivity index (χ3v) is 5.07. The number of nitrogens with zero attached hydrogens (tertiary/aromatic N) is 2. The Bertz CT molecular complexity index is 1120. The number of amides is 2. The summed E-state index contributed by atoms with van der Waals surface area (Å²) in [5, 5.41) is 0. The molecule has 2 amide bonds. The smallest absolute Gasteiger partial charge is 0.282 e. The third-order valence-electron chi connectivity index (χ3n) is 5.07. The molecule has 156 valence electrons. The molecule has 0 saturated carbocycles. The first-order valence-electron chi connectivity index (χ1n) is 10.2. The zero-order chi connectivity index (χ0) is 22.0. The average Bonchev–Trinajstić information content (AvgIpc) is 3.04. The van der Waals surface area contributed by atoms with Gasteiger partial charge in [-0.15, -0.1) is 0 Å². The normalized spacial score (nSPS) is 13.9. The van der Waals surface area contributed by atoms with Crippen LogP contribution in [0.4, 0.5) is 11.4 Å². The summed E-state index contributed by atoms with van der Waals surface area (Å²) in [6, 6.07) is 25.8. The number of imide groups is 1. The van der Waals surface area contributed by atoms with Crippen molar-refractivity contribution in [2.45, 2.75) is 20.0 Å². The number of carbonyl (C=O) groups excluding carboxylic acids is 2. The van der Waals surface area contributed by atoms with Crippen LogP contribution in [0.25, 0.3) is 5.57 Å². The van der Waals surface area contributed by atoms with Crippen LogP contribution in [0.15, 0.2) is 90.6 Å². The predicted molar refractivity (Wildman–Crippen MR) is 123 cm³/mol. The molecule has 0 N–H and O–H groups in total. The molecule has 0 spiro atoms. The topological polar surface area (TPSA) is 49.9 Å². The summed E-state index contributed by atoms with van der Waals surface area (Å²) in [7, 11) is 1.81. The van der Waals surface area contributed by atoms with Gasteiger partial charge in [-0.25, -0.2) is 4.90 Å². The van der Waals surface area contributed by atoms with Crippen LogP contribution in [0.5, 0.6) is 5.75 Å². The van der Waals surface area contributed by atoms with Crippen molar-refractivity contribution in [1.82, 2.24) is 0 Å². The van der Waals surface area contributed by atoms with Crippen LogP contribution in [0.3, 0.4) is 0 Å². The second-order valence-corrected chi connectivity index (χ2v) is 7.59. The van der Waals surface area contributed by atoms with Crippen molar-refractivity contribution in [3.8, 4) is 5.75 Å². The maximum absolute atomic E-state index is 13.5. The lowest BCUT2D eigenvalue weighted by molar-refractivity contribution is -0.120. The summed E-state index contributed by atoms with van der Waals surface area (Å²) >= 11 is 0. The van der Waals surface area contributed by atoms with E-state index in [9.17, 15) is 9.59 Å². The molecule has 1 aliphatic heterocycles. The minimum atomic E-state index is -0.347. The van der Waals surface area contributed by atoms with Gasteiger partial charge in [0, 0.05) is 12.7 Å². The van der Waals surface area contributed by atoms with Gasteiger partial charge in [0.05, 0.1) is 17.4 Å². The van der Waals surface area contributed by atoms with Crippen LogP contribution in [0, 0.1) is 0 Å². The number of carbonyl (C=O) groups is 2. The van der Waals surface area contributed by atoms with E-state index in [1.807, 2.05) is 86.6 Å². The molecular weight excluding hydrogens is 388 g/mol. The summed E-state index contributed by atoms with van der Waals surface area (Å²) in [5.41, 5.74) is 2.76. The van der Waals surface area contributed by atoms with Crippen molar-refractivity contribution in [3.05, 3.63) is 96.2 Å². The molecule has 3 aromatic carbocycles. The largest absolute Gasteiger partial charge is 0.491 e. The van der Waals surface area contributed by atoms with Crippen molar-refractivity contribution in [3.63, 3.8) is 0 Å². The molecule has 3 aromatic rings. The van der Waals surface area contributed by atoms with Crippen molar-refractivity contribution in [2.24, 2.45) is 0 Å². The second-order valence-electron chi connectivity index (χ2n) is 7.59. The van der Waals surface area contributed by atoms with Crippen molar-refractivity contribution in [2.75, 3.05) is 16.8 Å². The zero-order valence-electron chi connectivity index (χ0n) is 17.8. The van der Waals surface area contributed by atoms with Crippen LogP contribution < -0.4 is 14.5 Å².